The van der Waals surface area contributed by atoms with E-state index < -0.39 is 28.5 Å². The van der Waals surface area contributed by atoms with E-state index in [9.17, 15) is 18.0 Å². The second-order valence-electron chi connectivity index (χ2n) is 6.37. The third-order valence-corrected chi connectivity index (χ3v) is 6.75. The summed E-state index contributed by atoms with van der Waals surface area (Å²) in [5.41, 5.74) is 1.52. The molecule has 1 fully saturated rings. The van der Waals surface area contributed by atoms with Crippen molar-refractivity contribution in [2.45, 2.75) is 11.8 Å². The van der Waals surface area contributed by atoms with E-state index in [1.807, 2.05) is 19.1 Å². The van der Waals surface area contributed by atoms with E-state index in [1.165, 1.54) is 16.6 Å². The molecule has 1 aromatic heterocycles. The highest BCUT2D eigenvalue weighted by Gasteiger charge is 2.28. The molecule has 1 saturated heterocycles. The number of nitrogens with one attached hydrogen (secondary N) is 2. The lowest BCUT2D eigenvalue weighted by Crippen LogP contribution is -2.40. The lowest BCUT2D eigenvalue weighted by molar-refractivity contribution is -0.119. The van der Waals surface area contributed by atoms with Crippen LogP contribution in [0.5, 0.6) is 0 Å². The van der Waals surface area contributed by atoms with Crippen molar-refractivity contribution < 1.29 is 27.5 Å². The summed E-state index contributed by atoms with van der Waals surface area (Å²) in [5.74, 6) is -1.35. The van der Waals surface area contributed by atoms with E-state index in [0.717, 1.165) is 5.56 Å². The first-order valence-electron chi connectivity index (χ1n) is 8.77. The minimum atomic E-state index is -3.73. The van der Waals surface area contributed by atoms with Gasteiger partial charge in [-0.1, -0.05) is 6.07 Å². The topological polar surface area (TPSA) is 118 Å². The number of hydrogen-bond acceptors (Lipinski definition) is 6. The lowest BCUT2D eigenvalue weighted by atomic mass is 10.2. The third kappa shape index (κ3) is 5.24. The molecule has 0 radical (unpaired) electrons. The van der Waals surface area contributed by atoms with Crippen LogP contribution in [-0.2, 0) is 24.3 Å². The van der Waals surface area contributed by atoms with Crippen LogP contribution in [0.1, 0.15) is 16.1 Å². The van der Waals surface area contributed by atoms with Crippen molar-refractivity contribution in [1.82, 2.24) is 9.29 Å². The van der Waals surface area contributed by atoms with E-state index in [4.69, 9.17) is 9.47 Å². The molecule has 1 aliphatic heterocycles. The maximum absolute atomic E-state index is 12.6. The average molecular weight is 486 g/mol. The Bertz CT molecular complexity index is 1010. The minimum Gasteiger partial charge on any atom is -0.451 e. The average Bonchev–Trinajstić information content (AvgIpc) is 3.20. The lowest BCUT2D eigenvalue weighted by Gasteiger charge is -2.25. The van der Waals surface area contributed by atoms with Crippen LogP contribution in [0.25, 0.3) is 0 Å². The maximum Gasteiger partial charge on any atom is 0.355 e. The van der Waals surface area contributed by atoms with Crippen LogP contribution in [0.15, 0.2) is 39.8 Å². The Morgan fingerprint density at radius 2 is 2.00 bits per heavy atom. The fraction of sp³-hybridized carbons (Fsp3) is 0.333. The molecule has 9 nitrogen and oxygen atoms in total. The Kier molecular flexibility index (Phi) is 6.73. The number of ether oxygens (including phenoxy) is 2. The summed E-state index contributed by atoms with van der Waals surface area (Å²) < 4.78 is 37.3. The van der Waals surface area contributed by atoms with Gasteiger partial charge < -0.3 is 19.8 Å². The Hall–Kier alpha value is -2.21. The molecular weight excluding hydrogens is 466 g/mol. The van der Waals surface area contributed by atoms with E-state index in [1.54, 1.807) is 6.07 Å². The van der Waals surface area contributed by atoms with Gasteiger partial charge in [0.05, 0.1) is 18.9 Å². The molecule has 2 N–H and O–H groups in total. The molecule has 0 saturated carbocycles. The van der Waals surface area contributed by atoms with Crippen molar-refractivity contribution >= 4 is 43.5 Å². The zero-order valence-corrected chi connectivity index (χ0v) is 18.0. The van der Waals surface area contributed by atoms with Crippen molar-refractivity contribution in [2.24, 2.45) is 0 Å². The van der Waals surface area contributed by atoms with Gasteiger partial charge in [-0.05, 0) is 46.6 Å². The number of aryl methyl sites for hydroxylation is 1. The van der Waals surface area contributed by atoms with Gasteiger partial charge in [0, 0.05) is 23.8 Å². The van der Waals surface area contributed by atoms with Gasteiger partial charge >= 0.3 is 5.97 Å². The Morgan fingerprint density at radius 3 is 2.69 bits per heavy atom. The number of halogens is 1. The molecule has 0 aliphatic carbocycles. The number of rotatable bonds is 6. The highest BCUT2D eigenvalue weighted by atomic mass is 79.9. The van der Waals surface area contributed by atoms with Gasteiger partial charge in [0.15, 0.2) is 6.61 Å². The Labute approximate surface area is 176 Å². The van der Waals surface area contributed by atoms with Crippen LogP contribution in [0.3, 0.4) is 0 Å². The molecule has 156 valence electrons. The van der Waals surface area contributed by atoms with Crippen molar-refractivity contribution in [1.29, 1.82) is 0 Å². The number of anilines is 1. The minimum absolute atomic E-state index is 0.0422. The van der Waals surface area contributed by atoms with Gasteiger partial charge in [0.2, 0.25) is 10.0 Å². The molecule has 2 heterocycles. The second kappa shape index (κ2) is 9.08. The van der Waals surface area contributed by atoms with Gasteiger partial charge in [0.25, 0.3) is 5.91 Å². The number of benzene rings is 1. The maximum atomic E-state index is 12.6. The van der Waals surface area contributed by atoms with Gasteiger partial charge in [-0.15, -0.1) is 0 Å². The zero-order valence-electron chi connectivity index (χ0n) is 15.6. The number of morpholine rings is 1. The number of aromatic nitrogens is 1. The summed E-state index contributed by atoms with van der Waals surface area (Å²) in [6, 6.07) is 6.60. The van der Waals surface area contributed by atoms with Crippen molar-refractivity contribution in [3.05, 3.63) is 46.2 Å². The predicted molar refractivity (Wildman–Crippen MR) is 108 cm³/mol. The SMILES string of the molecule is Cc1ccc(NC(=O)COC(=O)c2cc(S(=O)(=O)N3CCOCC3)c[nH]2)c(Br)c1. The highest BCUT2D eigenvalue weighted by Crippen LogP contribution is 2.23. The summed E-state index contributed by atoms with van der Waals surface area (Å²) in [7, 11) is -3.73. The Balaban J connectivity index is 1.58. The van der Waals surface area contributed by atoms with Crippen LogP contribution < -0.4 is 5.32 Å². The van der Waals surface area contributed by atoms with E-state index >= 15 is 0 Å². The fourth-order valence-electron chi connectivity index (χ4n) is 2.69. The number of hydrogen-bond donors (Lipinski definition) is 2. The van der Waals surface area contributed by atoms with Gasteiger partial charge in [0.1, 0.15) is 10.6 Å². The first-order chi connectivity index (χ1) is 13.8. The van der Waals surface area contributed by atoms with Crippen LogP contribution in [-0.4, -0.2) is 62.5 Å². The second-order valence-corrected chi connectivity index (χ2v) is 9.17. The molecule has 1 amide bonds. The first-order valence-corrected chi connectivity index (χ1v) is 11.0. The molecule has 1 aromatic carbocycles. The number of H-pyrrole nitrogens is 1. The molecule has 0 bridgehead atoms. The number of sulfonamides is 1. The van der Waals surface area contributed by atoms with Crippen molar-refractivity contribution in [3.63, 3.8) is 0 Å². The van der Waals surface area contributed by atoms with E-state index in [0.29, 0.717) is 23.4 Å². The summed E-state index contributed by atoms with van der Waals surface area (Å²) in [6.45, 7) is 2.56. The molecular formula is C18H20BrN3O6S. The number of esters is 1. The first kappa shape index (κ1) is 21.5. The molecule has 1 aliphatic rings. The number of aromatic amines is 1. The normalized spacial score (nSPS) is 15.1. The molecule has 0 unspecified atom stereocenters. The molecule has 11 heteroatoms. The van der Waals surface area contributed by atoms with E-state index in [2.05, 4.69) is 26.2 Å². The quantitative estimate of drug-likeness (QED) is 0.603. The van der Waals surface area contributed by atoms with E-state index in [-0.39, 0.29) is 23.7 Å². The molecule has 0 atom stereocenters. The van der Waals surface area contributed by atoms with Gasteiger partial charge in [-0.3, -0.25) is 4.79 Å². The highest BCUT2D eigenvalue weighted by molar-refractivity contribution is 9.10. The Morgan fingerprint density at radius 1 is 1.28 bits per heavy atom. The third-order valence-electron chi connectivity index (χ3n) is 4.22. The number of carbonyl (C=O) groups excluding carboxylic acids is 2. The standard InChI is InChI=1S/C18H20BrN3O6S/c1-12-2-3-15(14(19)8-12)21-17(23)11-28-18(24)16-9-13(10-20-16)29(25,26)22-4-6-27-7-5-22/h2-3,8-10,20H,4-7,11H2,1H3,(H,21,23). The largest absolute Gasteiger partial charge is 0.451 e. The number of nitrogens with zero attached hydrogens (tertiary/aromatic N) is 1. The number of amides is 1. The van der Waals surface area contributed by atoms with Crippen LogP contribution in [0.2, 0.25) is 0 Å². The summed E-state index contributed by atoms with van der Waals surface area (Å²) in [6.07, 6.45) is 1.23. The fourth-order valence-corrected chi connectivity index (χ4v) is 4.69. The molecule has 3 rings (SSSR count). The van der Waals surface area contributed by atoms with Crippen LogP contribution in [0, 0.1) is 6.92 Å². The monoisotopic (exact) mass is 485 g/mol. The van der Waals surface area contributed by atoms with Gasteiger partial charge in [-0.25, -0.2) is 13.2 Å². The van der Waals surface area contributed by atoms with Crippen molar-refractivity contribution in [2.75, 3.05) is 38.2 Å². The van der Waals surface area contributed by atoms with Gasteiger partial charge in [-0.2, -0.15) is 4.31 Å². The van der Waals surface area contributed by atoms with Crippen LogP contribution >= 0.6 is 15.9 Å². The predicted octanol–water partition coefficient (Wildman–Crippen LogP) is 1.90. The summed E-state index contributed by atoms with van der Waals surface area (Å²) in [5, 5.41) is 2.63. The smallest absolute Gasteiger partial charge is 0.355 e. The zero-order chi connectivity index (χ0) is 21.0. The summed E-state index contributed by atoms with van der Waals surface area (Å²) in [4.78, 5) is 26.7. The molecule has 0 spiro atoms. The van der Waals surface area contributed by atoms with Crippen LogP contribution in [0.4, 0.5) is 5.69 Å². The van der Waals surface area contributed by atoms with Crippen molar-refractivity contribution in [3.8, 4) is 0 Å². The summed E-state index contributed by atoms with van der Waals surface area (Å²) >= 11 is 3.35. The number of carbonyl (C=O) groups is 2. The molecule has 29 heavy (non-hydrogen) atoms. The molecule has 2 aromatic rings.